The first-order valence-corrected chi connectivity index (χ1v) is 7.07. The van der Waals surface area contributed by atoms with E-state index in [9.17, 15) is 4.79 Å². The summed E-state index contributed by atoms with van der Waals surface area (Å²) in [6.07, 6.45) is 3.51. The van der Waals surface area contributed by atoms with Crippen molar-refractivity contribution in [3.05, 3.63) is 0 Å². The van der Waals surface area contributed by atoms with Crippen molar-refractivity contribution in [2.24, 2.45) is 5.92 Å². The normalized spacial score (nSPS) is 30.1. The van der Waals surface area contributed by atoms with Gasteiger partial charge in [0.25, 0.3) is 5.79 Å². The number of methoxy groups -OCH3 is 1. The van der Waals surface area contributed by atoms with E-state index < -0.39 is 11.8 Å². The molecule has 1 heterocycles. The summed E-state index contributed by atoms with van der Waals surface area (Å²) in [5, 5.41) is 0. The lowest BCUT2D eigenvalue weighted by atomic mass is 10.0. The van der Waals surface area contributed by atoms with E-state index in [1.165, 1.54) is 24.4 Å². The molecule has 94 valence electrons. The molecule has 5 heteroatoms. The summed E-state index contributed by atoms with van der Waals surface area (Å²) in [7, 11) is 1.34. The first-order valence-electron chi connectivity index (χ1n) is 5.54. The molecular formula is C11H19IO4. The Hall–Kier alpha value is 0.120. The average molecular weight is 342 g/mol. The molecule has 0 saturated carbocycles. The minimum absolute atomic E-state index is 0.403. The van der Waals surface area contributed by atoms with Gasteiger partial charge in [-0.3, -0.25) is 0 Å². The van der Waals surface area contributed by atoms with Gasteiger partial charge in [0.2, 0.25) is 0 Å². The van der Waals surface area contributed by atoms with Crippen molar-refractivity contribution in [3.8, 4) is 0 Å². The third kappa shape index (κ3) is 3.85. The Morgan fingerprint density at radius 2 is 2.06 bits per heavy atom. The molecule has 0 atom stereocenters. The zero-order chi connectivity index (χ0) is 12.0. The number of hydrogen-bond acceptors (Lipinski definition) is 4. The highest BCUT2D eigenvalue weighted by Gasteiger charge is 2.41. The van der Waals surface area contributed by atoms with Gasteiger partial charge in [0.15, 0.2) is 0 Å². The molecule has 0 aliphatic carbocycles. The summed E-state index contributed by atoms with van der Waals surface area (Å²) in [5.74, 6) is -1.26. The predicted molar refractivity (Wildman–Crippen MR) is 68.6 cm³/mol. The number of ether oxygens (including phenoxy) is 3. The van der Waals surface area contributed by atoms with Gasteiger partial charge in [-0.15, -0.1) is 0 Å². The topological polar surface area (TPSA) is 44.8 Å². The Bertz CT molecular complexity index is 224. The Morgan fingerprint density at radius 3 is 2.56 bits per heavy atom. The Kier molecular flexibility index (Phi) is 5.99. The molecule has 0 aromatic rings. The standard InChI is InChI=1S/C11H19IO4/c1-11(10(13)14-2)15-7-9(8-16-11)5-3-4-6-12/h9H,3-8H2,1-2H3/t9-,11+. The second-order valence-electron chi connectivity index (χ2n) is 4.11. The van der Waals surface area contributed by atoms with E-state index in [-0.39, 0.29) is 0 Å². The van der Waals surface area contributed by atoms with Crippen molar-refractivity contribution in [1.82, 2.24) is 0 Å². The first kappa shape index (κ1) is 14.2. The SMILES string of the molecule is COC(=O)[C@]1(C)OC[C@H](CCCCI)CO1. The monoisotopic (exact) mass is 342 g/mol. The van der Waals surface area contributed by atoms with E-state index in [0.717, 1.165) is 6.42 Å². The van der Waals surface area contributed by atoms with E-state index in [1.807, 2.05) is 0 Å². The van der Waals surface area contributed by atoms with Gasteiger partial charge in [-0.2, -0.15) is 0 Å². The zero-order valence-corrected chi connectivity index (χ0v) is 12.0. The van der Waals surface area contributed by atoms with E-state index in [1.54, 1.807) is 6.92 Å². The number of hydrogen-bond donors (Lipinski definition) is 0. The maximum atomic E-state index is 11.4. The van der Waals surface area contributed by atoms with Crippen LogP contribution in [0, 0.1) is 5.92 Å². The van der Waals surface area contributed by atoms with Crippen LogP contribution in [0.2, 0.25) is 0 Å². The molecule has 0 aromatic carbocycles. The summed E-state index contributed by atoms with van der Waals surface area (Å²) >= 11 is 2.38. The minimum atomic E-state index is -1.20. The fourth-order valence-corrected chi connectivity index (χ4v) is 2.18. The van der Waals surface area contributed by atoms with Crippen LogP contribution in [-0.4, -0.2) is 36.5 Å². The zero-order valence-electron chi connectivity index (χ0n) is 9.83. The van der Waals surface area contributed by atoms with Gasteiger partial charge in [-0.25, -0.2) is 4.79 Å². The summed E-state index contributed by atoms with van der Waals surface area (Å²) in [6, 6.07) is 0. The molecule has 0 bridgehead atoms. The van der Waals surface area contributed by atoms with Crippen molar-refractivity contribution >= 4 is 28.6 Å². The molecule has 1 rings (SSSR count). The van der Waals surface area contributed by atoms with E-state index in [2.05, 4.69) is 27.3 Å². The lowest BCUT2D eigenvalue weighted by Crippen LogP contribution is -2.48. The van der Waals surface area contributed by atoms with Crippen molar-refractivity contribution < 1.29 is 19.0 Å². The Balaban J connectivity index is 2.30. The number of alkyl halides is 1. The molecule has 0 spiro atoms. The largest absolute Gasteiger partial charge is 0.465 e. The molecule has 1 aliphatic heterocycles. The summed E-state index contributed by atoms with van der Waals surface area (Å²) in [4.78, 5) is 11.4. The highest BCUT2D eigenvalue weighted by atomic mass is 127. The van der Waals surface area contributed by atoms with Crippen LogP contribution in [0.15, 0.2) is 0 Å². The van der Waals surface area contributed by atoms with E-state index >= 15 is 0 Å². The van der Waals surface area contributed by atoms with Crippen molar-refractivity contribution in [3.63, 3.8) is 0 Å². The summed E-state index contributed by atoms with van der Waals surface area (Å²) in [5.41, 5.74) is 0. The smallest absolute Gasteiger partial charge is 0.366 e. The number of carbonyl (C=O) groups is 1. The maximum Gasteiger partial charge on any atom is 0.366 e. The van der Waals surface area contributed by atoms with Crippen LogP contribution in [0.5, 0.6) is 0 Å². The Labute approximate surface area is 110 Å². The number of carbonyl (C=O) groups excluding carboxylic acids is 1. The molecular weight excluding hydrogens is 323 g/mol. The quantitative estimate of drug-likeness (QED) is 0.332. The van der Waals surface area contributed by atoms with Crippen LogP contribution >= 0.6 is 22.6 Å². The van der Waals surface area contributed by atoms with Crippen molar-refractivity contribution in [2.45, 2.75) is 32.0 Å². The van der Waals surface area contributed by atoms with Gasteiger partial charge in [0.1, 0.15) is 0 Å². The number of rotatable bonds is 5. The van der Waals surface area contributed by atoms with Crippen LogP contribution in [-0.2, 0) is 19.0 Å². The van der Waals surface area contributed by atoms with Gasteiger partial charge >= 0.3 is 5.97 Å². The fraction of sp³-hybridized carbons (Fsp3) is 0.909. The van der Waals surface area contributed by atoms with E-state index in [4.69, 9.17) is 9.47 Å². The van der Waals surface area contributed by atoms with Crippen LogP contribution < -0.4 is 0 Å². The molecule has 16 heavy (non-hydrogen) atoms. The van der Waals surface area contributed by atoms with E-state index in [0.29, 0.717) is 19.1 Å². The Morgan fingerprint density at radius 1 is 1.44 bits per heavy atom. The second-order valence-corrected chi connectivity index (χ2v) is 5.19. The van der Waals surface area contributed by atoms with Gasteiger partial charge in [0, 0.05) is 12.8 Å². The van der Waals surface area contributed by atoms with Crippen LogP contribution in [0.25, 0.3) is 0 Å². The number of esters is 1. The molecule has 0 radical (unpaired) electrons. The molecule has 1 saturated heterocycles. The molecule has 4 nitrogen and oxygen atoms in total. The van der Waals surface area contributed by atoms with Gasteiger partial charge in [0.05, 0.1) is 20.3 Å². The first-order chi connectivity index (χ1) is 7.62. The second kappa shape index (κ2) is 6.76. The van der Waals surface area contributed by atoms with Gasteiger partial charge in [-0.05, 0) is 17.3 Å². The van der Waals surface area contributed by atoms with Crippen molar-refractivity contribution in [2.75, 3.05) is 24.8 Å². The highest BCUT2D eigenvalue weighted by Crippen LogP contribution is 2.25. The van der Waals surface area contributed by atoms with Gasteiger partial charge in [-0.1, -0.05) is 29.0 Å². The maximum absolute atomic E-state index is 11.4. The van der Waals surface area contributed by atoms with Crippen LogP contribution in [0.1, 0.15) is 26.2 Å². The van der Waals surface area contributed by atoms with Gasteiger partial charge < -0.3 is 14.2 Å². The average Bonchev–Trinajstić information content (AvgIpc) is 2.31. The molecule has 0 aromatic heterocycles. The molecule has 0 unspecified atom stereocenters. The fourth-order valence-electron chi connectivity index (χ4n) is 1.64. The van der Waals surface area contributed by atoms with Crippen LogP contribution in [0.3, 0.4) is 0 Å². The third-order valence-electron chi connectivity index (χ3n) is 2.74. The third-order valence-corrected chi connectivity index (χ3v) is 3.50. The van der Waals surface area contributed by atoms with Crippen LogP contribution in [0.4, 0.5) is 0 Å². The number of unbranched alkanes of at least 4 members (excludes halogenated alkanes) is 1. The lowest BCUT2D eigenvalue weighted by molar-refractivity contribution is -0.272. The highest BCUT2D eigenvalue weighted by molar-refractivity contribution is 14.1. The minimum Gasteiger partial charge on any atom is -0.465 e. The number of halogens is 1. The molecule has 0 N–H and O–H groups in total. The lowest BCUT2D eigenvalue weighted by Gasteiger charge is -2.35. The summed E-state index contributed by atoms with van der Waals surface area (Å²) in [6.45, 7) is 2.76. The van der Waals surface area contributed by atoms with Crippen molar-refractivity contribution in [1.29, 1.82) is 0 Å². The molecule has 1 fully saturated rings. The molecule has 1 aliphatic rings. The summed E-state index contributed by atoms with van der Waals surface area (Å²) < 4.78 is 16.7. The predicted octanol–water partition coefficient (Wildman–Crippen LogP) is 2.14. The molecule has 0 amide bonds.